The summed E-state index contributed by atoms with van der Waals surface area (Å²) >= 11 is 3.16. The summed E-state index contributed by atoms with van der Waals surface area (Å²) < 4.78 is 15.1. The average Bonchev–Trinajstić information content (AvgIpc) is 2.48. The van der Waals surface area contributed by atoms with E-state index in [1.165, 1.54) is 12.4 Å². The third-order valence-corrected chi connectivity index (χ3v) is 1.68. The SMILES string of the molecule is [2H]c1nc(-c2cnc(Br)cn2)[nH]c1[2H]. The molecule has 12 heavy (non-hydrogen) atoms. The predicted octanol–water partition coefficient (Wildman–Crippen LogP) is 1.63. The maximum absolute atomic E-state index is 7.27. The molecule has 5 heteroatoms. The molecule has 0 aromatic carbocycles. The molecule has 0 bridgehead atoms. The van der Waals surface area contributed by atoms with Crippen LogP contribution in [0.5, 0.6) is 0 Å². The minimum atomic E-state index is -0.0929. The Morgan fingerprint density at radius 3 is 2.83 bits per heavy atom. The molecule has 2 rings (SSSR count). The van der Waals surface area contributed by atoms with E-state index in [2.05, 4.69) is 35.9 Å². The van der Waals surface area contributed by atoms with Crippen LogP contribution >= 0.6 is 15.9 Å². The fourth-order valence-corrected chi connectivity index (χ4v) is 0.960. The van der Waals surface area contributed by atoms with Crippen LogP contribution in [0.3, 0.4) is 0 Å². The number of hydrogen-bond acceptors (Lipinski definition) is 3. The van der Waals surface area contributed by atoms with Crippen molar-refractivity contribution in [3.63, 3.8) is 0 Å². The summed E-state index contributed by atoms with van der Waals surface area (Å²) in [5.41, 5.74) is 0.514. The minimum Gasteiger partial charge on any atom is -0.343 e. The fraction of sp³-hybridized carbons (Fsp3) is 0. The van der Waals surface area contributed by atoms with Gasteiger partial charge >= 0.3 is 0 Å². The molecule has 0 aliphatic carbocycles. The van der Waals surface area contributed by atoms with E-state index in [-0.39, 0.29) is 12.3 Å². The molecule has 0 radical (unpaired) electrons. The Bertz CT molecular complexity index is 434. The van der Waals surface area contributed by atoms with E-state index >= 15 is 0 Å². The Morgan fingerprint density at radius 1 is 1.33 bits per heavy atom. The Kier molecular flexibility index (Phi) is 1.37. The first kappa shape index (κ1) is 5.42. The third kappa shape index (κ3) is 1.35. The molecule has 0 spiro atoms. The average molecular weight is 227 g/mol. The van der Waals surface area contributed by atoms with Crippen molar-refractivity contribution in [2.45, 2.75) is 0 Å². The lowest BCUT2D eigenvalue weighted by atomic mass is 10.4. The van der Waals surface area contributed by atoms with Crippen LogP contribution in [0.25, 0.3) is 11.5 Å². The molecule has 0 unspecified atom stereocenters. The summed E-state index contributed by atoms with van der Waals surface area (Å²) in [7, 11) is 0. The first-order valence-corrected chi connectivity index (χ1v) is 3.97. The van der Waals surface area contributed by atoms with Crippen molar-refractivity contribution in [2.24, 2.45) is 0 Å². The number of halogens is 1. The Morgan fingerprint density at radius 2 is 2.25 bits per heavy atom. The minimum absolute atomic E-state index is 0.0234. The van der Waals surface area contributed by atoms with Crippen LogP contribution in [0.4, 0.5) is 0 Å². The Hall–Kier alpha value is -1.23. The van der Waals surface area contributed by atoms with Gasteiger partial charge in [0.15, 0.2) is 5.82 Å². The van der Waals surface area contributed by atoms with Gasteiger partial charge in [0.25, 0.3) is 0 Å². The maximum atomic E-state index is 7.27. The summed E-state index contributed by atoms with van der Waals surface area (Å²) in [6, 6.07) is 0. The monoisotopic (exact) mass is 226 g/mol. The van der Waals surface area contributed by atoms with Gasteiger partial charge in [-0.05, 0) is 15.9 Å². The van der Waals surface area contributed by atoms with Crippen molar-refractivity contribution in [1.82, 2.24) is 19.9 Å². The number of hydrogen-bond donors (Lipinski definition) is 1. The second-order valence-corrected chi connectivity index (χ2v) is 2.86. The predicted molar refractivity (Wildman–Crippen MR) is 47.3 cm³/mol. The second kappa shape index (κ2) is 3.02. The summed E-state index contributed by atoms with van der Waals surface area (Å²) in [6.07, 6.45) is 2.93. The van der Waals surface area contributed by atoms with Gasteiger partial charge in [-0.1, -0.05) is 0 Å². The van der Waals surface area contributed by atoms with Crippen LogP contribution in [0.15, 0.2) is 29.3 Å². The molecule has 0 amide bonds. The summed E-state index contributed by atoms with van der Waals surface area (Å²) in [5.74, 6) is 0.389. The Labute approximate surface area is 80.0 Å². The van der Waals surface area contributed by atoms with E-state index in [0.717, 1.165) is 0 Å². The van der Waals surface area contributed by atoms with E-state index in [1.807, 2.05) is 0 Å². The topological polar surface area (TPSA) is 54.5 Å². The van der Waals surface area contributed by atoms with Gasteiger partial charge in [-0.25, -0.2) is 15.0 Å². The van der Waals surface area contributed by atoms with E-state index in [9.17, 15) is 0 Å². The van der Waals surface area contributed by atoms with Gasteiger partial charge in [-0.15, -0.1) is 0 Å². The number of aromatic amines is 1. The zero-order chi connectivity index (χ0) is 10.1. The van der Waals surface area contributed by atoms with Crippen molar-refractivity contribution < 1.29 is 2.74 Å². The molecule has 0 fully saturated rings. The van der Waals surface area contributed by atoms with Crippen molar-refractivity contribution >= 4 is 15.9 Å². The van der Waals surface area contributed by atoms with Gasteiger partial charge in [0.1, 0.15) is 10.3 Å². The normalized spacial score (nSPS) is 12.4. The lowest BCUT2D eigenvalue weighted by molar-refractivity contribution is 1.13. The second-order valence-electron chi connectivity index (χ2n) is 2.05. The van der Waals surface area contributed by atoms with E-state index in [1.54, 1.807) is 0 Å². The van der Waals surface area contributed by atoms with Crippen LogP contribution in [-0.4, -0.2) is 19.9 Å². The van der Waals surface area contributed by atoms with Gasteiger partial charge in [0.05, 0.1) is 15.1 Å². The zero-order valence-electron chi connectivity index (χ0n) is 7.87. The lowest BCUT2D eigenvalue weighted by Crippen LogP contribution is -1.86. The van der Waals surface area contributed by atoms with E-state index in [4.69, 9.17) is 2.74 Å². The summed E-state index contributed by atoms with van der Waals surface area (Å²) in [6.45, 7) is 0. The molecule has 0 aliphatic rings. The highest BCUT2D eigenvalue weighted by molar-refractivity contribution is 9.10. The van der Waals surface area contributed by atoms with Crippen molar-refractivity contribution in [2.75, 3.05) is 0 Å². The lowest BCUT2D eigenvalue weighted by Gasteiger charge is -1.93. The zero-order valence-corrected chi connectivity index (χ0v) is 7.46. The molecule has 0 aliphatic heterocycles. The van der Waals surface area contributed by atoms with E-state index < -0.39 is 0 Å². The third-order valence-electron chi connectivity index (χ3n) is 1.27. The van der Waals surface area contributed by atoms with Gasteiger partial charge in [0, 0.05) is 12.3 Å². The molecular weight excluding hydrogens is 220 g/mol. The van der Waals surface area contributed by atoms with Crippen molar-refractivity contribution in [3.05, 3.63) is 29.3 Å². The maximum Gasteiger partial charge on any atom is 0.157 e. The molecule has 0 saturated heterocycles. The highest BCUT2D eigenvalue weighted by Crippen LogP contribution is 2.10. The van der Waals surface area contributed by atoms with Gasteiger partial charge in [-0.2, -0.15) is 0 Å². The molecule has 4 nitrogen and oxygen atoms in total. The van der Waals surface area contributed by atoms with Crippen LogP contribution in [0, 0.1) is 0 Å². The molecule has 0 atom stereocenters. The smallest absolute Gasteiger partial charge is 0.157 e. The highest BCUT2D eigenvalue weighted by atomic mass is 79.9. The van der Waals surface area contributed by atoms with Crippen LogP contribution < -0.4 is 0 Å². The standard InChI is InChI=1S/C7H5BrN4/c8-6-4-11-5(3-12-6)7-9-1-2-10-7/h1-4H,(H,9,10)/i1D,2D. The van der Waals surface area contributed by atoms with Crippen LogP contribution in [0.1, 0.15) is 2.74 Å². The first-order chi connectivity index (χ1) is 6.66. The number of rotatable bonds is 1. The summed E-state index contributed by atoms with van der Waals surface area (Å²) in [5, 5.41) is 0. The summed E-state index contributed by atoms with van der Waals surface area (Å²) in [4.78, 5) is 14.4. The van der Waals surface area contributed by atoms with Gasteiger partial charge in [-0.3, -0.25) is 0 Å². The number of imidazole rings is 1. The van der Waals surface area contributed by atoms with Crippen molar-refractivity contribution in [3.8, 4) is 11.5 Å². The van der Waals surface area contributed by atoms with E-state index in [0.29, 0.717) is 16.1 Å². The molecular formula is C7H5BrN4. The number of H-pyrrole nitrogens is 1. The van der Waals surface area contributed by atoms with Crippen LogP contribution in [-0.2, 0) is 0 Å². The molecule has 60 valence electrons. The number of aromatic nitrogens is 4. The quantitative estimate of drug-likeness (QED) is 0.805. The van der Waals surface area contributed by atoms with Gasteiger partial charge in [0.2, 0.25) is 0 Å². The largest absolute Gasteiger partial charge is 0.343 e. The molecule has 2 aromatic rings. The Balaban J connectivity index is 2.44. The number of nitrogens with one attached hydrogen (secondary N) is 1. The molecule has 2 heterocycles. The molecule has 1 N–H and O–H groups in total. The molecule has 0 saturated carbocycles. The fourth-order valence-electron chi connectivity index (χ4n) is 0.755. The van der Waals surface area contributed by atoms with Crippen molar-refractivity contribution in [1.29, 1.82) is 0 Å². The first-order valence-electron chi connectivity index (χ1n) is 4.18. The van der Waals surface area contributed by atoms with Gasteiger partial charge < -0.3 is 4.98 Å². The molecule has 2 aromatic heterocycles. The number of nitrogens with zero attached hydrogens (tertiary/aromatic N) is 3. The van der Waals surface area contributed by atoms with Crippen LogP contribution in [0.2, 0.25) is 0 Å². The highest BCUT2D eigenvalue weighted by Gasteiger charge is 2.00.